The molecule has 0 bridgehead atoms. The van der Waals surface area contributed by atoms with E-state index in [0.29, 0.717) is 5.92 Å². The molecule has 2 aromatic rings. The van der Waals surface area contributed by atoms with E-state index in [2.05, 4.69) is 51.1 Å². The lowest BCUT2D eigenvalue weighted by Crippen LogP contribution is -2.29. The summed E-state index contributed by atoms with van der Waals surface area (Å²) in [5.74, 6) is 1.37. The predicted molar refractivity (Wildman–Crippen MR) is 88.7 cm³/mol. The average Bonchev–Trinajstić information content (AvgIpc) is 2.44. The Labute approximate surface area is 127 Å². The van der Waals surface area contributed by atoms with Crippen LogP contribution in [-0.4, -0.2) is 6.04 Å². The molecule has 0 saturated heterocycles. The third-order valence-corrected chi connectivity index (χ3v) is 3.64. The van der Waals surface area contributed by atoms with Crippen molar-refractivity contribution in [2.24, 2.45) is 5.73 Å². The quantitative estimate of drug-likeness (QED) is 0.871. The first-order chi connectivity index (χ1) is 9.97. The van der Waals surface area contributed by atoms with Gasteiger partial charge in [-0.1, -0.05) is 55.8 Å². The predicted octanol–water partition coefficient (Wildman–Crippen LogP) is 4.59. The molecule has 21 heavy (non-hydrogen) atoms. The molecule has 2 unspecified atom stereocenters. The molecular weight excluding hydrogens is 258 g/mol. The Morgan fingerprint density at radius 1 is 0.905 bits per heavy atom. The average molecular weight is 283 g/mol. The van der Waals surface area contributed by atoms with Crippen molar-refractivity contribution in [3.05, 3.63) is 65.2 Å². The van der Waals surface area contributed by atoms with Crippen molar-refractivity contribution in [1.29, 1.82) is 0 Å². The molecular formula is C19H25NO. The summed E-state index contributed by atoms with van der Waals surface area (Å²) in [6.07, 6.45) is -0.132. The molecule has 0 fully saturated rings. The van der Waals surface area contributed by atoms with E-state index in [1.165, 1.54) is 11.1 Å². The lowest BCUT2D eigenvalue weighted by Gasteiger charge is -2.24. The highest BCUT2D eigenvalue weighted by molar-refractivity contribution is 5.32. The fourth-order valence-corrected chi connectivity index (χ4v) is 2.42. The molecule has 0 spiro atoms. The normalized spacial score (nSPS) is 14.0. The summed E-state index contributed by atoms with van der Waals surface area (Å²) in [7, 11) is 0. The minimum atomic E-state index is -0.132. The monoisotopic (exact) mass is 283 g/mol. The Morgan fingerprint density at radius 2 is 1.57 bits per heavy atom. The summed E-state index contributed by atoms with van der Waals surface area (Å²) in [6, 6.07) is 16.6. The zero-order chi connectivity index (χ0) is 15.4. The minimum absolute atomic E-state index is 0.0745. The van der Waals surface area contributed by atoms with E-state index >= 15 is 0 Å². The molecule has 2 nitrogen and oxygen atoms in total. The molecule has 2 heteroatoms. The first-order valence-electron chi connectivity index (χ1n) is 7.56. The Bertz CT molecular complexity index is 590. The molecule has 0 saturated carbocycles. The van der Waals surface area contributed by atoms with E-state index in [4.69, 9.17) is 10.5 Å². The van der Waals surface area contributed by atoms with E-state index < -0.39 is 0 Å². The molecule has 2 N–H and O–H groups in total. The summed E-state index contributed by atoms with van der Waals surface area (Å²) >= 11 is 0. The van der Waals surface area contributed by atoms with Crippen LogP contribution in [0.25, 0.3) is 0 Å². The van der Waals surface area contributed by atoms with Gasteiger partial charge < -0.3 is 10.5 Å². The third kappa shape index (κ3) is 4.08. The Morgan fingerprint density at radius 3 is 2.19 bits per heavy atom. The number of benzene rings is 2. The molecule has 0 amide bonds. The second kappa shape index (κ2) is 6.77. The highest BCUT2D eigenvalue weighted by Crippen LogP contribution is 2.27. The smallest absolute Gasteiger partial charge is 0.138 e. The fourth-order valence-electron chi connectivity index (χ4n) is 2.42. The molecule has 0 aliphatic carbocycles. The van der Waals surface area contributed by atoms with Gasteiger partial charge in [-0.05, 0) is 43.0 Å². The van der Waals surface area contributed by atoms with E-state index in [1.54, 1.807) is 0 Å². The van der Waals surface area contributed by atoms with E-state index in [-0.39, 0.29) is 12.1 Å². The second-order valence-electron chi connectivity index (χ2n) is 6.04. The number of ether oxygens (including phenoxy) is 1. The van der Waals surface area contributed by atoms with Gasteiger partial charge in [-0.3, -0.25) is 0 Å². The Kier molecular flexibility index (Phi) is 5.03. The molecule has 0 radical (unpaired) electrons. The van der Waals surface area contributed by atoms with Crippen LogP contribution < -0.4 is 10.5 Å². The molecule has 0 aliphatic heterocycles. The second-order valence-corrected chi connectivity index (χ2v) is 6.04. The van der Waals surface area contributed by atoms with Gasteiger partial charge in [-0.15, -0.1) is 0 Å². The van der Waals surface area contributed by atoms with Gasteiger partial charge in [0, 0.05) is 6.04 Å². The van der Waals surface area contributed by atoms with Gasteiger partial charge in [0.2, 0.25) is 0 Å². The lowest BCUT2D eigenvalue weighted by atomic mass is 10.0. The lowest BCUT2D eigenvalue weighted by molar-refractivity contribution is 0.180. The van der Waals surface area contributed by atoms with Crippen LogP contribution >= 0.6 is 0 Å². The third-order valence-electron chi connectivity index (χ3n) is 3.64. The van der Waals surface area contributed by atoms with Crippen LogP contribution in [0.4, 0.5) is 0 Å². The van der Waals surface area contributed by atoms with Crippen molar-refractivity contribution >= 4 is 0 Å². The van der Waals surface area contributed by atoms with Gasteiger partial charge in [-0.25, -0.2) is 0 Å². The Balaban J connectivity index is 2.26. The van der Waals surface area contributed by atoms with Crippen LogP contribution in [-0.2, 0) is 0 Å². The summed E-state index contributed by atoms with van der Waals surface area (Å²) in [5, 5.41) is 0. The van der Waals surface area contributed by atoms with Crippen molar-refractivity contribution in [2.75, 3.05) is 0 Å². The van der Waals surface area contributed by atoms with Crippen molar-refractivity contribution in [1.82, 2.24) is 0 Å². The Hall–Kier alpha value is -1.80. The number of nitrogens with two attached hydrogens (primary N) is 1. The number of rotatable bonds is 5. The topological polar surface area (TPSA) is 35.2 Å². The van der Waals surface area contributed by atoms with Crippen LogP contribution in [0.3, 0.4) is 0 Å². The molecule has 0 heterocycles. The zero-order valence-corrected chi connectivity index (χ0v) is 13.3. The highest BCUT2D eigenvalue weighted by Gasteiger charge is 2.18. The van der Waals surface area contributed by atoms with E-state index in [0.717, 1.165) is 11.3 Å². The van der Waals surface area contributed by atoms with Gasteiger partial charge in [0.1, 0.15) is 11.9 Å². The molecule has 2 aromatic carbocycles. The van der Waals surface area contributed by atoms with Crippen LogP contribution in [0.5, 0.6) is 5.75 Å². The number of aryl methyl sites for hydroxylation is 1. The maximum absolute atomic E-state index is 6.18. The maximum atomic E-state index is 6.18. The number of hydrogen-bond acceptors (Lipinski definition) is 2. The maximum Gasteiger partial charge on any atom is 0.138 e. The van der Waals surface area contributed by atoms with Gasteiger partial charge in [0.05, 0.1) is 0 Å². The summed E-state index contributed by atoms with van der Waals surface area (Å²) in [5.41, 5.74) is 9.76. The fraction of sp³-hybridized carbons (Fsp3) is 0.368. The van der Waals surface area contributed by atoms with E-state index in [1.807, 2.05) is 25.1 Å². The van der Waals surface area contributed by atoms with Crippen molar-refractivity contribution in [3.63, 3.8) is 0 Å². The molecule has 0 aliphatic rings. The van der Waals surface area contributed by atoms with Gasteiger partial charge >= 0.3 is 0 Å². The summed E-state index contributed by atoms with van der Waals surface area (Å²) in [4.78, 5) is 0. The molecule has 0 aromatic heterocycles. The minimum Gasteiger partial charge on any atom is -0.484 e. The number of hydrogen-bond donors (Lipinski definition) is 1. The standard InChI is InChI=1S/C19H25NO/c1-13(2)16-8-6-10-18(12-16)21-19(15(4)20)17-9-5-7-14(3)11-17/h5-13,15,19H,20H2,1-4H3. The zero-order valence-electron chi connectivity index (χ0n) is 13.3. The largest absolute Gasteiger partial charge is 0.484 e. The van der Waals surface area contributed by atoms with E-state index in [9.17, 15) is 0 Å². The van der Waals surface area contributed by atoms with Crippen LogP contribution in [0, 0.1) is 6.92 Å². The molecule has 2 rings (SSSR count). The van der Waals surface area contributed by atoms with Gasteiger partial charge in [0.15, 0.2) is 0 Å². The van der Waals surface area contributed by atoms with Gasteiger partial charge in [-0.2, -0.15) is 0 Å². The van der Waals surface area contributed by atoms with Crippen LogP contribution in [0.2, 0.25) is 0 Å². The molecule has 2 atom stereocenters. The van der Waals surface area contributed by atoms with Crippen LogP contribution in [0.15, 0.2) is 48.5 Å². The van der Waals surface area contributed by atoms with Crippen molar-refractivity contribution < 1.29 is 4.74 Å². The van der Waals surface area contributed by atoms with Crippen molar-refractivity contribution in [2.45, 2.75) is 45.8 Å². The van der Waals surface area contributed by atoms with Crippen LogP contribution in [0.1, 0.15) is 49.5 Å². The molecule has 112 valence electrons. The first kappa shape index (κ1) is 15.6. The summed E-state index contributed by atoms with van der Waals surface area (Å²) in [6.45, 7) is 8.44. The van der Waals surface area contributed by atoms with Gasteiger partial charge in [0.25, 0.3) is 0 Å². The summed E-state index contributed by atoms with van der Waals surface area (Å²) < 4.78 is 6.18. The SMILES string of the molecule is Cc1cccc(C(Oc2cccc(C(C)C)c2)C(C)N)c1. The van der Waals surface area contributed by atoms with Crippen molar-refractivity contribution in [3.8, 4) is 5.75 Å². The first-order valence-corrected chi connectivity index (χ1v) is 7.56. The highest BCUT2D eigenvalue weighted by atomic mass is 16.5.